The topological polar surface area (TPSA) is 29.1 Å². The third-order valence-corrected chi connectivity index (χ3v) is 3.18. The Morgan fingerprint density at radius 2 is 1.89 bits per heavy atom. The fourth-order valence-electron chi connectivity index (χ4n) is 1.50. The van der Waals surface area contributed by atoms with E-state index in [1.165, 1.54) is 6.08 Å². The molecule has 1 N–H and O–H groups in total. The molecule has 0 heterocycles. The molecular weight excluding hydrogens is 326 g/mol. The lowest BCUT2D eigenvalue weighted by Crippen LogP contribution is -1.95. The van der Waals surface area contributed by atoms with E-state index in [1.807, 2.05) is 24.3 Å². The molecule has 0 aliphatic heterocycles. The number of ketones is 1. The van der Waals surface area contributed by atoms with E-state index in [2.05, 4.69) is 21.2 Å². The summed E-state index contributed by atoms with van der Waals surface area (Å²) in [4.78, 5) is 11.8. The molecule has 2 nitrogen and oxygen atoms in total. The Morgan fingerprint density at radius 3 is 2.58 bits per heavy atom. The van der Waals surface area contributed by atoms with E-state index in [1.54, 1.807) is 30.5 Å². The summed E-state index contributed by atoms with van der Waals surface area (Å²) in [6.07, 6.45) is 3.11. The van der Waals surface area contributed by atoms with Crippen LogP contribution in [0.3, 0.4) is 0 Å². The predicted octanol–water partition coefficient (Wildman–Crippen LogP) is 4.91. The van der Waals surface area contributed by atoms with Gasteiger partial charge in [0.05, 0.1) is 0 Å². The zero-order valence-electron chi connectivity index (χ0n) is 9.94. The van der Waals surface area contributed by atoms with Gasteiger partial charge in [0.2, 0.25) is 0 Å². The van der Waals surface area contributed by atoms with Crippen LogP contribution >= 0.6 is 27.5 Å². The second-order valence-corrected chi connectivity index (χ2v) is 5.21. The monoisotopic (exact) mass is 335 g/mol. The number of carbonyl (C=O) groups is 1. The molecule has 4 heteroatoms. The highest BCUT2D eigenvalue weighted by atomic mass is 79.9. The van der Waals surface area contributed by atoms with Crippen LogP contribution in [0.5, 0.6) is 0 Å². The maximum Gasteiger partial charge on any atom is 0.187 e. The molecule has 0 radical (unpaired) electrons. The second-order valence-electron chi connectivity index (χ2n) is 3.86. The van der Waals surface area contributed by atoms with Crippen molar-refractivity contribution in [1.82, 2.24) is 0 Å². The van der Waals surface area contributed by atoms with Crippen LogP contribution in [0, 0.1) is 0 Å². The van der Waals surface area contributed by atoms with E-state index in [0.717, 1.165) is 10.2 Å². The predicted molar refractivity (Wildman–Crippen MR) is 82.7 cm³/mol. The van der Waals surface area contributed by atoms with Crippen molar-refractivity contribution in [3.8, 4) is 0 Å². The molecule has 0 saturated carbocycles. The zero-order valence-corrected chi connectivity index (χ0v) is 12.3. The van der Waals surface area contributed by atoms with E-state index < -0.39 is 0 Å². The number of benzene rings is 2. The van der Waals surface area contributed by atoms with Crippen molar-refractivity contribution in [3.63, 3.8) is 0 Å². The summed E-state index contributed by atoms with van der Waals surface area (Å²) in [5.74, 6) is -0.0702. The van der Waals surface area contributed by atoms with Crippen LogP contribution in [0.2, 0.25) is 5.02 Å². The van der Waals surface area contributed by atoms with Gasteiger partial charge in [0, 0.05) is 33.0 Å². The number of allylic oxidation sites excluding steroid dienone is 1. The standard InChI is InChI=1S/C15H11BrClNO/c16-12-2-1-3-14(10-12)18-9-8-15(19)11-4-6-13(17)7-5-11/h1-10,18H/b9-8+. The Balaban J connectivity index is 1.99. The first-order valence-electron chi connectivity index (χ1n) is 5.64. The first-order valence-corrected chi connectivity index (χ1v) is 6.81. The lowest BCUT2D eigenvalue weighted by molar-refractivity contribution is 0.104. The van der Waals surface area contributed by atoms with Crippen LogP contribution in [-0.2, 0) is 0 Å². The smallest absolute Gasteiger partial charge is 0.187 e. The van der Waals surface area contributed by atoms with Crippen LogP contribution in [0.4, 0.5) is 5.69 Å². The fourth-order valence-corrected chi connectivity index (χ4v) is 2.03. The molecule has 0 fully saturated rings. The van der Waals surface area contributed by atoms with Gasteiger partial charge in [-0.3, -0.25) is 4.79 Å². The molecule has 19 heavy (non-hydrogen) atoms. The van der Waals surface area contributed by atoms with Crippen molar-refractivity contribution in [2.75, 3.05) is 5.32 Å². The molecule has 2 aromatic carbocycles. The largest absolute Gasteiger partial charge is 0.362 e. The van der Waals surface area contributed by atoms with Gasteiger partial charge in [-0.1, -0.05) is 33.6 Å². The fraction of sp³-hybridized carbons (Fsp3) is 0. The SMILES string of the molecule is O=C(/C=C/Nc1cccc(Br)c1)c1ccc(Cl)cc1. The number of nitrogens with one attached hydrogen (secondary N) is 1. The maximum atomic E-state index is 11.8. The normalized spacial score (nSPS) is 10.6. The number of carbonyl (C=O) groups excluding carboxylic acids is 1. The third-order valence-electron chi connectivity index (χ3n) is 2.44. The summed E-state index contributed by atoms with van der Waals surface area (Å²) in [6.45, 7) is 0. The molecule has 0 aliphatic carbocycles. The van der Waals surface area contributed by atoms with Crippen molar-refractivity contribution in [2.24, 2.45) is 0 Å². The van der Waals surface area contributed by atoms with Crippen molar-refractivity contribution < 1.29 is 4.79 Å². The highest BCUT2D eigenvalue weighted by Gasteiger charge is 2.00. The highest BCUT2D eigenvalue weighted by Crippen LogP contribution is 2.15. The lowest BCUT2D eigenvalue weighted by Gasteiger charge is -2.00. The number of rotatable bonds is 4. The molecule has 0 atom stereocenters. The van der Waals surface area contributed by atoms with Crippen LogP contribution in [0.15, 0.2) is 65.3 Å². The molecule has 0 amide bonds. The van der Waals surface area contributed by atoms with Crippen LogP contribution in [0.25, 0.3) is 0 Å². The lowest BCUT2D eigenvalue weighted by atomic mass is 10.1. The number of hydrogen-bond donors (Lipinski definition) is 1. The first kappa shape index (κ1) is 13.8. The van der Waals surface area contributed by atoms with E-state index in [-0.39, 0.29) is 5.78 Å². The number of hydrogen-bond acceptors (Lipinski definition) is 2. The Hall–Kier alpha value is -1.58. The molecular formula is C15H11BrClNO. The Labute approximate surface area is 125 Å². The van der Waals surface area contributed by atoms with Crippen LogP contribution < -0.4 is 5.32 Å². The van der Waals surface area contributed by atoms with Gasteiger partial charge in [-0.15, -0.1) is 0 Å². The van der Waals surface area contributed by atoms with Crippen molar-refractivity contribution in [3.05, 3.63) is 75.9 Å². The average molecular weight is 337 g/mol. The second kappa shape index (κ2) is 6.55. The summed E-state index contributed by atoms with van der Waals surface area (Å²) >= 11 is 9.15. The van der Waals surface area contributed by atoms with Crippen molar-refractivity contribution in [1.29, 1.82) is 0 Å². The molecule has 2 rings (SSSR count). The molecule has 0 bridgehead atoms. The van der Waals surface area contributed by atoms with Gasteiger partial charge in [-0.05, 0) is 42.5 Å². The number of halogens is 2. The number of anilines is 1. The van der Waals surface area contributed by atoms with Gasteiger partial charge in [0.15, 0.2) is 5.78 Å². The molecule has 0 saturated heterocycles. The van der Waals surface area contributed by atoms with Crippen molar-refractivity contribution >= 4 is 39.0 Å². The van der Waals surface area contributed by atoms with E-state index >= 15 is 0 Å². The first-order chi connectivity index (χ1) is 9.15. The zero-order chi connectivity index (χ0) is 13.7. The van der Waals surface area contributed by atoms with Gasteiger partial charge in [-0.25, -0.2) is 0 Å². The molecule has 0 unspecified atom stereocenters. The van der Waals surface area contributed by atoms with Gasteiger partial charge < -0.3 is 5.32 Å². The van der Waals surface area contributed by atoms with Crippen molar-refractivity contribution in [2.45, 2.75) is 0 Å². The van der Waals surface area contributed by atoms with Gasteiger partial charge >= 0.3 is 0 Å². The van der Waals surface area contributed by atoms with Gasteiger partial charge in [0.25, 0.3) is 0 Å². The summed E-state index contributed by atoms with van der Waals surface area (Å²) in [5.41, 5.74) is 1.52. The molecule has 2 aromatic rings. The summed E-state index contributed by atoms with van der Waals surface area (Å²) in [5, 5.41) is 3.66. The Bertz CT molecular complexity index is 608. The maximum absolute atomic E-state index is 11.8. The Kier molecular flexibility index (Phi) is 4.77. The Morgan fingerprint density at radius 1 is 1.16 bits per heavy atom. The molecule has 0 aromatic heterocycles. The third kappa shape index (κ3) is 4.23. The quantitative estimate of drug-likeness (QED) is 0.635. The van der Waals surface area contributed by atoms with E-state index in [0.29, 0.717) is 10.6 Å². The van der Waals surface area contributed by atoms with E-state index in [4.69, 9.17) is 11.6 Å². The van der Waals surface area contributed by atoms with Crippen LogP contribution in [-0.4, -0.2) is 5.78 Å². The molecule has 0 aliphatic rings. The van der Waals surface area contributed by atoms with E-state index in [9.17, 15) is 4.79 Å². The summed E-state index contributed by atoms with van der Waals surface area (Å²) in [6, 6.07) is 14.5. The summed E-state index contributed by atoms with van der Waals surface area (Å²) in [7, 11) is 0. The minimum Gasteiger partial charge on any atom is -0.362 e. The van der Waals surface area contributed by atoms with Gasteiger partial charge in [-0.2, -0.15) is 0 Å². The minimum absolute atomic E-state index is 0.0702. The van der Waals surface area contributed by atoms with Gasteiger partial charge in [0.1, 0.15) is 0 Å². The minimum atomic E-state index is -0.0702. The molecule has 0 spiro atoms. The average Bonchev–Trinajstić information content (AvgIpc) is 2.39. The van der Waals surface area contributed by atoms with Crippen LogP contribution in [0.1, 0.15) is 10.4 Å². The highest BCUT2D eigenvalue weighted by molar-refractivity contribution is 9.10. The summed E-state index contributed by atoms with van der Waals surface area (Å²) < 4.78 is 0.981. The molecule has 96 valence electrons.